The van der Waals surface area contributed by atoms with Gasteiger partial charge in [0, 0.05) is 36.5 Å². The topological polar surface area (TPSA) is 68.4 Å². The van der Waals surface area contributed by atoms with Crippen molar-refractivity contribution in [1.29, 1.82) is 0 Å². The molecule has 0 fully saturated rings. The number of aliphatic hydroxyl groups excluding tert-OH is 1. The van der Waals surface area contributed by atoms with Gasteiger partial charge in [0.25, 0.3) is 0 Å². The van der Waals surface area contributed by atoms with Crippen molar-refractivity contribution >= 4 is 0 Å². The highest BCUT2D eigenvalue weighted by Gasteiger charge is 2.24. The minimum Gasteiger partial charge on any atom is -0.497 e. The van der Waals surface area contributed by atoms with Gasteiger partial charge in [0.05, 0.1) is 13.2 Å². The summed E-state index contributed by atoms with van der Waals surface area (Å²) in [4.78, 5) is 3.92. The van der Waals surface area contributed by atoms with Crippen molar-refractivity contribution in [2.75, 3.05) is 13.7 Å². The Balaban J connectivity index is 2.31. The van der Waals surface area contributed by atoms with Crippen LogP contribution in [-0.2, 0) is 0 Å². The lowest BCUT2D eigenvalue weighted by molar-refractivity contribution is 0.143. The Hall–Kier alpha value is -1.98. The number of hydrogen-bond donors (Lipinski definition) is 2. The third kappa shape index (κ3) is 2.95. The Bertz CT molecular complexity index is 563. The Labute approximate surface area is 117 Å². The van der Waals surface area contributed by atoms with Crippen LogP contribution in [0.2, 0.25) is 0 Å². The van der Waals surface area contributed by atoms with Crippen molar-refractivity contribution < 1.29 is 14.2 Å². The number of rotatable bonds is 5. The number of benzene rings is 1. The van der Waals surface area contributed by atoms with Crippen LogP contribution >= 0.6 is 0 Å². The lowest BCUT2D eigenvalue weighted by Crippen LogP contribution is -2.21. The van der Waals surface area contributed by atoms with Crippen LogP contribution in [0.3, 0.4) is 0 Å². The Morgan fingerprint density at radius 1 is 1.30 bits per heavy atom. The van der Waals surface area contributed by atoms with Crippen molar-refractivity contribution in [1.82, 2.24) is 4.98 Å². The van der Waals surface area contributed by atoms with Crippen molar-refractivity contribution in [3.8, 4) is 5.75 Å². The molecule has 5 heteroatoms. The van der Waals surface area contributed by atoms with Crippen LogP contribution in [0.25, 0.3) is 0 Å². The van der Waals surface area contributed by atoms with Gasteiger partial charge in [-0.05, 0) is 29.8 Å². The maximum Gasteiger partial charge on any atom is 0.132 e. The zero-order chi connectivity index (χ0) is 14.5. The molecule has 0 spiro atoms. The fourth-order valence-corrected chi connectivity index (χ4v) is 2.15. The molecule has 2 atom stereocenters. The molecule has 1 heterocycles. The molecule has 0 aliphatic carbocycles. The molecule has 1 aromatic carbocycles. The van der Waals surface area contributed by atoms with Crippen molar-refractivity contribution in [3.63, 3.8) is 0 Å². The predicted molar refractivity (Wildman–Crippen MR) is 73.9 cm³/mol. The van der Waals surface area contributed by atoms with E-state index >= 15 is 0 Å². The smallest absolute Gasteiger partial charge is 0.132 e. The van der Waals surface area contributed by atoms with Gasteiger partial charge in [-0.25, -0.2) is 4.39 Å². The number of ether oxygens (including phenoxy) is 1. The number of nitrogens with zero attached hydrogens (tertiary/aromatic N) is 1. The molecule has 3 N–H and O–H groups in total. The Morgan fingerprint density at radius 3 is 2.55 bits per heavy atom. The largest absolute Gasteiger partial charge is 0.497 e. The molecule has 0 saturated carbocycles. The number of aliphatic hydroxyl groups is 1. The van der Waals surface area contributed by atoms with Crippen LogP contribution in [0.5, 0.6) is 5.75 Å². The summed E-state index contributed by atoms with van der Waals surface area (Å²) >= 11 is 0. The standard InChI is InChI=1S/C15H17FN2O2/c1-20-11-2-3-12(14(16)8-11)15(19)13(9-17)10-4-6-18-7-5-10/h2-8,13,15,19H,9,17H2,1H3. The average Bonchev–Trinajstić information content (AvgIpc) is 2.48. The molecule has 106 valence electrons. The van der Waals surface area contributed by atoms with E-state index in [1.54, 1.807) is 30.6 Å². The highest BCUT2D eigenvalue weighted by molar-refractivity contribution is 5.32. The number of halogens is 1. The van der Waals surface area contributed by atoms with Gasteiger partial charge in [0.15, 0.2) is 0 Å². The second-order valence-electron chi connectivity index (χ2n) is 4.46. The first-order valence-electron chi connectivity index (χ1n) is 6.29. The maximum absolute atomic E-state index is 14.0. The van der Waals surface area contributed by atoms with Gasteiger partial charge < -0.3 is 15.6 Å². The lowest BCUT2D eigenvalue weighted by atomic mass is 9.89. The van der Waals surface area contributed by atoms with E-state index in [1.165, 1.54) is 19.2 Å². The van der Waals surface area contributed by atoms with Crippen LogP contribution in [0.1, 0.15) is 23.1 Å². The van der Waals surface area contributed by atoms with Crippen LogP contribution in [0.4, 0.5) is 4.39 Å². The summed E-state index contributed by atoms with van der Waals surface area (Å²) in [6, 6.07) is 7.91. The summed E-state index contributed by atoms with van der Waals surface area (Å²) in [7, 11) is 1.46. The van der Waals surface area contributed by atoms with E-state index in [-0.39, 0.29) is 18.0 Å². The number of methoxy groups -OCH3 is 1. The molecule has 2 rings (SSSR count). The molecule has 0 bridgehead atoms. The summed E-state index contributed by atoms with van der Waals surface area (Å²) < 4.78 is 19.0. The molecule has 4 nitrogen and oxygen atoms in total. The van der Waals surface area contributed by atoms with E-state index in [1.807, 2.05) is 0 Å². The first-order valence-corrected chi connectivity index (χ1v) is 6.29. The van der Waals surface area contributed by atoms with Gasteiger partial charge in [-0.1, -0.05) is 0 Å². The first kappa shape index (κ1) is 14.4. The van der Waals surface area contributed by atoms with Gasteiger partial charge in [0.2, 0.25) is 0 Å². The molecule has 0 radical (unpaired) electrons. The zero-order valence-electron chi connectivity index (χ0n) is 11.2. The van der Waals surface area contributed by atoms with Crippen LogP contribution < -0.4 is 10.5 Å². The van der Waals surface area contributed by atoms with Crippen molar-refractivity contribution in [2.24, 2.45) is 5.73 Å². The monoisotopic (exact) mass is 276 g/mol. The van der Waals surface area contributed by atoms with Crippen LogP contribution in [0, 0.1) is 5.82 Å². The minimum atomic E-state index is -1.02. The number of hydrogen-bond acceptors (Lipinski definition) is 4. The molecule has 0 aliphatic heterocycles. The lowest BCUT2D eigenvalue weighted by Gasteiger charge is -2.22. The maximum atomic E-state index is 14.0. The molecule has 0 amide bonds. The average molecular weight is 276 g/mol. The fraction of sp³-hybridized carbons (Fsp3) is 0.267. The second-order valence-corrected chi connectivity index (χ2v) is 4.46. The zero-order valence-corrected chi connectivity index (χ0v) is 11.2. The van der Waals surface area contributed by atoms with E-state index in [2.05, 4.69) is 4.98 Å². The van der Waals surface area contributed by atoms with Crippen molar-refractivity contribution in [2.45, 2.75) is 12.0 Å². The number of pyridine rings is 1. The molecule has 0 saturated heterocycles. The number of nitrogens with two attached hydrogens (primary N) is 1. The quantitative estimate of drug-likeness (QED) is 0.876. The fourth-order valence-electron chi connectivity index (χ4n) is 2.15. The normalized spacial score (nSPS) is 13.8. The van der Waals surface area contributed by atoms with Gasteiger partial charge >= 0.3 is 0 Å². The predicted octanol–water partition coefficient (Wildman–Crippen LogP) is 2.01. The van der Waals surface area contributed by atoms with E-state index in [0.29, 0.717) is 5.75 Å². The summed E-state index contributed by atoms with van der Waals surface area (Å²) in [6.07, 6.45) is 2.22. The van der Waals surface area contributed by atoms with E-state index < -0.39 is 11.9 Å². The molecule has 0 aliphatic rings. The Morgan fingerprint density at radius 2 is 2.00 bits per heavy atom. The molecule has 2 aromatic rings. The SMILES string of the molecule is COc1ccc(C(O)C(CN)c2ccncc2)c(F)c1. The molecule has 20 heavy (non-hydrogen) atoms. The third-order valence-electron chi connectivity index (χ3n) is 3.30. The van der Waals surface area contributed by atoms with Gasteiger partial charge in [-0.2, -0.15) is 0 Å². The van der Waals surface area contributed by atoms with Crippen molar-refractivity contribution in [3.05, 3.63) is 59.7 Å². The van der Waals surface area contributed by atoms with Crippen LogP contribution in [-0.4, -0.2) is 23.7 Å². The van der Waals surface area contributed by atoms with E-state index in [9.17, 15) is 9.50 Å². The highest BCUT2D eigenvalue weighted by atomic mass is 19.1. The van der Waals surface area contributed by atoms with E-state index in [0.717, 1.165) is 5.56 Å². The van der Waals surface area contributed by atoms with Crippen LogP contribution in [0.15, 0.2) is 42.7 Å². The first-order chi connectivity index (χ1) is 9.67. The highest BCUT2D eigenvalue weighted by Crippen LogP contribution is 2.32. The molecule has 1 aromatic heterocycles. The minimum absolute atomic E-state index is 0.205. The summed E-state index contributed by atoms with van der Waals surface area (Å²) in [5.41, 5.74) is 6.75. The van der Waals surface area contributed by atoms with Gasteiger partial charge in [0.1, 0.15) is 11.6 Å². The Kier molecular flexibility index (Phi) is 4.65. The molecular formula is C15H17FN2O2. The van der Waals surface area contributed by atoms with Gasteiger partial charge in [-0.15, -0.1) is 0 Å². The molecular weight excluding hydrogens is 259 g/mol. The summed E-state index contributed by atoms with van der Waals surface area (Å²) in [5, 5.41) is 10.4. The second kappa shape index (κ2) is 6.45. The number of aromatic nitrogens is 1. The molecule has 2 unspecified atom stereocenters. The summed E-state index contributed by atoms with van der Waals surface area (Å²) in [6.45, 7) is 0.205. The van der Waals surface area contributed by atoms with Gasteiger partial charge in [-0.3, -0.25) is 4.98 Å². The van der Waals surface area contributed by atoms with E-state index in [4.69, 9.17) is 10.5 Å². The third-order valence-corrected chi connectivity index (χ3v) is 3.30. The summed E-state index contributed by atoms with van der Waals surface area (Å²) in [5.74, 6) is -0.489.